The van der Waals surface area contributed by atoms with Gasteiger partial charge in [-0.15, -0.1) is 0 Å². The topological polar surface area (TPSA) is 74.6 Å². The number of ketones is 2. The summed E-state index contributed by atoms with van der Waals surface area (Å²) in [5.41, 5.74) is 2.48. The summed E-state index contributed by atoms with van der Waals surface area (Å²) in [6.07, 6.45) is 20.7. The van der Waals surface area contributed by atoms with Gasteiger partial charge >= 0.3 is 0 Å². The molecule has 42 heavy (non-hydrogen) atoms. The molecule has 0 bridgehead atoms. The van der Waals surface area contributed by atoms with Crippen LogP contribution in [-0.4, -0.2) is 34.0 Å². The van der Waals surface area contributed by atoms with Gasteiger partial charge in [0.05, 0.1) is 12.2 Å². The van der Waals surface area contributed by atoms with Crippen LogP contribution in [0.4, 0.5) is 0 Å². The van der Waals surface area contributed by atoms with Gasteiger partial charge in [0, 0.05) is 19.3 Å². The van der Waals surface area contributed by atoms with Gasteiger partial charge in [0.15, 0.2) is 5.78 Å². The molecule has 0 aromatic carbocycles. The van der Waals surface area contributed by atoms with Gasteiger partial charge < -0.3 is 10.2 Å². The SMILES string of the molecule is CC12CCC3C(CC[C@H]4CC(=O)CCC34C)C1CCC2O.C[C@]12CC[C@H]3[C@@H](CCC4=CC(=O)CC[C@@]43C)[C@@H]1CC[C@@H]2O. The lowest BCUT2D eigenvalue weighted by Crippen LogP contribution is -2.54. The molecule has 7 fully saturated rings. The highest BCUT2D eigenvalue weighted by atomic mass is 16.3. The summed E-state index contributed by atoms with van der Waals surface area (Å²) in [5.74, 6) is 6.10. The number of hydrogen-bond acceptors (Lipinski definition) is 4. The Morgan fingerprint density at radius 3 is 1.86 bits per heavy atom. The first-order valence-corrected chi connectivity index (χ1v) is 18.0. The molecule has 0 spiro atoms. The Bertz CT molecular complexity index is 1140. The minimum atomic E-state index is -0.0823. The van der Waals surface area contributed by atoms with Crippen molar-refractivity contribution in [3.63, 3.8) is 0 Å². The first kappa shape index (κ1) is 29.7. The van der Waals surface area contributed by atoms with Crippen molar-refractivity contribution < 1.29 is 19.8 Å². The lowest BCUT2D eigenvalue weighted by atomic mass is 9.45. The summed E-state index contributed by atoms with van der Waals surface area (Å²) in [6, 6.07) is 0. The van der Waals surface area contributed by atoms with Gasteiger partial charge in [0.25, 0.3) is 0 Å². The summed E-state index contributed by atoms with van der Waals surface area (Å²) < 4.78 is 0. The molecule has 4 nitrogen and oxygen atoms in total. The van der Waals surface area contributed by atoms with E-state index in [2.05, 4.69) is 27.7 Å². The van der Waals surface area contributed by atoms with Gasteiger partial charge in [-0.25, -0.2) is 0 Å². The molecular formula is C38H58O4. The van der Waals surface area contributed by atoms with Gasteiger partial charge in [0.2, 0.25) is 0 Å². The molecule has 0 aromatic rings. The largest absolute Gasteiger partial charge is 0.393 e. The number of aliphatic hydroxyl groups is 2. The average molecular weight is 579 g/mol. The van der Waals surface area contributed by atoms with Crippen LogP contribution in [0.2, 0.25) is 0 Å². The van der Waals surface area contributed by atoms with Gasteiger partial charge in [-0.1, -0.05) is 33.3 Å². The maximum absolute atomic E-state index is 11.9. The zero-order valence-electron chi connectivity index (χ0n) is 27.0. The third-order valence-corrected chi connectivity index (χ3v) is 16.3. The van der Waals surface area contributed by atoms with Crippen LogP contribution in [0, 0.1) is 63.1 Å². The molecule has 8 rings (SSSR count). The minimum absolute atomic E-state index is 0.0677. The second-order valence-electron chi connectivity index (χ2n) is 17.6. The van der Waals surface area contributed by atoms with Crippen LogP contribution in [0.15, 0.2) is 11.6 Å². The Balaban J connectivity index is 0.000000137. The second-order valence-corrected chi connectivity index (χ2v) is 17.6. The third-order valence-electron chi connectivity index (χ3n) is 16.3. The van der Waals surface area contributed by atoms with Crippen LogP contribution in [-0.2, 0) is 9.59 Å². The number of rotatable bonds is 0. The summed E-state index contributed by atoms with van der Waals surface area (Å²) in [6.45, 7) is 9.61. The molecule has 8 aliphatic rings. The Morgan fingerprint density at radius 1 is 0.595 bits per heavy atom. The van der Waals surface area contributed by atoms with E-state index in [9.17, 15) is 19.8 Å². The summed E-state index contributed by atoms with van der Waals surface area (Å²) >= 11 is 0. The first-order chi connectivity index (χ1) is 19.9. The van der Waals surface area contributed by atoms with E-state index >= 15 is 0 Å². The molecule has 234 valence electrons. The van der Waals surface area contributed by atoms with Crippen LogP contribution in [0.25, 0.3) is 0 Å². The molecule has 2 N–H and O–H groups in total. The van der Waals surface area contributed by atoms with E-state index < -0.39 is 0 Å². The molecule has 0 aromatic heterocycles. The van der Waals surface area contributed by atoms with Crippen LogP contribution < -0.4 is 0 Å². The molecule has 7 saturated carbocycles. The van der Waals surface area contributed by atoms with Crippen LogP contribution in [0.3, 0.4) is 0 Å². The molecule has 0 aliphatic heterocycles. The molecule has 4 heteroatoms. The normalized spacial score (nSPS) is 54.6. The first-order valence-electron chi connectivity index (χ1n) is 18.0. The smallest absolute Gasteiger partial charge is 0.155 e. The Labute approximate surface area is 254 Å². The lowest BCUT2D eigenvalue weighted by Gasteiger charge is -2.60. The fraction of sp³-hybridized carbons (Fsp3) is 0.895. The predicted octanol–water partition coefficient (Wildman–Crippen LogP) is 7.84. The van der Waals surface area contributed by atoms with Crippen molar-refractivity contribution in [2.75, 3.05) is 0 Å². The summed E-state index contributed by atoms with van der Waals surface area (Å²) in [5, 5.41) is 20.9. The molecular weight excluding hydrogens is 520 g/mol. The summed E-state index contributed by atoms with van der Waals surface area (Å²) in [4.78, 5) is 23.7. The number of carbonyl (C=O) groups is 2. The highest BCUT2D eigenvalue weighted by Crippen LogP contribution is 2.67. The van der Waals surface area contributed by atoms with Crippen molar-refractivity contribution in [3.8, 4) is 0 Å². The molecule has 13 atom stereocenters. The number of aliphatic hydroxyl groups excluding tert-OH is 2. The fourth-order valence-corrected chi connectivity index (χ4v) is 13.5. The number of hydrogen-bond donors (Lipinski definition) is 2. The predicted molar refractivity (Wildman–Crippen MR) is 165 cm³/mol. The van der Waals surface area contributed by atoms with Crippen molar-refractivity contribution in [2.45, 2.75) is 149 Å². The second kappa shape index (κ2) is 10.3. The quantitative estimate of drug-likeness (QED) is 0.307. The monoisotopic (exact) mass is 578 g/mol. The van der Waals surface area contributed by atoms with Crippen molar-refractivity contribution >= 4 is 11.6 Å². The highest BCUT2D eigenvalue weighted by Gasteiger charge is 2.61. The highest BCUT2D eigenvalue weighted by molar-refractivity contribution is 5.91. The van der Waals surface area contributed by atoms with Crippen LogP contribution >= 0.6 is 0 Å². The number of Topliss-reactive ketones (excluding diaryl/α,β-unsaturated/α-hetero) is 1. The van der Waals surface area contributed by atoms with E-state index in [4.69, 9.17) is 0 Å². The lowest BCUT2D eigenvalue weighted by molar-refractivity contribution is -0.141. The number of carbonyl (C=O) groups excluding carboxylic acids is 2. The maximum Gasteiger partial charge on any atom is 0.155 e. The van der Waals surface area contributed by atoms with E-state index in [0.29, 0.717) is 28.8 Å². The van der Waals surface area contributed by atoms with Gasteiger partial charge in [-0.05, 0) is 159 Å². The Kier molecular flexibility index (Phi) is 7.26. The van der Waals surface area contributed by atoms with Gasteiger partial charge in [-0.3, -0.25) is 9.59 Å². The van der Waals surface area contributed by atoms with Crippen molar-refractivity contribution in [2.24, 2.45) is 63.1 Å². The molecule has 0 heterocycles. The van der Waals surface area contributed by atoms with E-state index in [1.54, 1.807) is 0 Å². The number of fused-ring (bicyclic) bond motifs is 10. The molecule has 0 amide bonds. The van der Waals surface area contributed by atoms with E-state index in [1.807, 2.05) is 6.08 Å². The average Bonchev–Trinajstić information content (AvgIpc) is 3.44. The number of allylic oxidation sites excluding steroid dienone is 1. The van der Waals surface area contributed by atoms with E-state index in [0.717, 1.165) is 81.0 Å². The van der Waals surface area contributed by atoms with E-state index in [-0.39, 0.29) is 28.5 Å². The Hall–Kier alpha value is -1.00. The zero-order chi connectivity index (χ0) is 29.7. The molecule has 6 unspecified atom stereocenters. The van der Waals surface area contributed by atoms with Crippen molar-refractivity contribution in [1.82, 2.24) is 0 Å². The van der Waals surface area contributed by atoms with Gasteiger partial charge in [0.1, 0.15) is 5.78 Å². The maximum atomic E-state index is 11.9. The fourth-order valence-electron chi connectivity index (χ4n) is 13.5. The standard InChI is InChI=1S/C19H30O2.C19H28O2/c2*1-18-9-7-13(20)11-12(18)3-4-14-15-5-6-17(21)19(15,2)10-8-16(14)18/h12,14-17,21H,3-11H2,1-2H3;11,14-17,21H,3-10H2,1-2H3/t12-,14?,15?,16?,17?,18?,19?;14-,15-,16-,17-,18-,19-/m00/s1. The molecule has 0 saturated heterocycles. The summed E-state index contributed by atoms with van der Waals surface area (Å²) in [7, 11) is 0. The third kappa shape index (κ3) is 4.26. The zero-order valence-corrected chi connectivity index (χ0v) is 27.0. The molecule has 0 radical (unpaired) electrons. The van der Waals surface area contributed by atoms with Gasteiger partial charge in [-0.2, -0.15) is 0 Å². The van der Waals surface area contributed by atoms with Crippen molar-refractivity contribution in [1.29, 1.82) is 0 Å². The van der Waals surface area contributed by atoms with Crippen molar-refractivity contribution in [3.05, 3.63) is 11.6 Å². The van der Waals surface area contributed by atoms with Crippen LogP contribution in [0.5, 0.6) is 0 Å². The molecule has 8 aliphatic carbocycles. The van der Waals surface area contributed by atoms with Crippen LogP contribution in [0.1, 0.15) is 137 Å². The Morgan fingerprint density at radius 2 is 1.19 bits per heavy atom. The van der Waals surface area contributed by atoms with E-state index in [1.165, 1.54) is 63.4 Å². The minimum Gasteiger partial charge on any atom is -0.393 e.